The number of anilines is 2. The summed E-state index contributed by atoms with van der Waals surface area (Å²) in [4.78, 5) is 23.9. The maximum absolute atomic E-state index is 13.8. The van der Waals surface area contributed by atoms with Gasteiger partial charge in [-0.25, -0.2) is 14.0 Å². The maximum Gasteiger partial charge on any atom is 0.420 e. The number of nitrogens with one attached hydrogen (secondary N) is 2. The molecule has 2 aromatic carbocycles. The Morgan fingerprint density at radius 2 is 1.96 bits per heavy atom. The number of urea groups is 1. The smallest absolute Gasteiger partial charge is 0.408 e. The largest absolute Gasteiger partial charge is 0.420 e. The number of hydrogen-bond donors (Lipinski definition) is 2. The van der Waals surface area contributed by atoms with Crippen molar-refractivity contribution in [3.63, 3.8) is 0 Å². The number of rotatable bonds is 3. The van der Waals surface area contributed by atoms with Gasteiger partial charge in [0, 0.05) is 22.3 Å². The van der Waals surface area contributed by atoms with Crippen molar-refractivity contribution < 1.29 is 13.6 Å². The van der Waals surface area contributed by atoms with E-state index in [0.717, 1.165) is 0 Å². The summed E-state index contributed by atoms with van der Waals surface area (Å²) in [6.45, 7) is 3.76. The average molecular weight is 408 g/mol. The summed E-state index contributed by atoms with van der Waals surface area (Å²) in [6, 6.07) is 8.56. The van der Waals surface area contributed by atoms with Crippen LogP contribution in [-0.2, 0) is 0 Å². The van der Waals surface area contributed by atoms with Crippen molar-refractivity contribution >= 4 is 44.4 Å². The zero-order chi connectivity index (χ0) is 18.1. The summed E-state index contributed by atoms with van der Waals surface area (Å²) in [6.07, 6.45) is 0. The minimum atomic E-state index is -0.605. The number of aromatic nitrogens is 1. The summed E-state index contributed by atoms with van der Waals surface area (Å²) in [7, 11) is 0. The quantitative estimate of drug-likeness (QED) is 0.659. The number of carbonyl (C=O) groups excluding carboxylic acids is 1. The van der Waals surface area contributed by atoms with Gasteiger partial charge in [0.2, 0.25) is 0 Å². The lowest BCUT2D eigenvalue weighted by atomic mass is 10.2. The highest BCUT2D eigenvalue weighted by atomic mass is 79.9. The molecule has 0 atom stereocenters. The molecule has 1 heterocycles. The van der Waals surface area contributed by atoms with E-state index in [1.54, 1.807) is 24.3 Å². The summed E-state index contributed by atoms with van der Waals surface area (Å²) in [5.74, 6) is -1.01. The molecule has 0 saturated carbocycles. The fraction of sp³-hybridized carbons (Fsp3) is 0.176. The molecule has 0 aliphatic rings. The third-order valence-corrected chi connectivity index (χ3v) is 4.06. The molecule has 0 saturated heterocycles. The molecule has 8 heteroatoms. The van der Waals surface area contributed by atoms with E-state index in [4.69, 9.17) is 4.42 Å². The Hall–Kier alpha value is -2.61. The Labute approximate surface area is 150 Å². The molecule has 0 spiro atoms. The molecular formula is C17H15BrFN3O3. The molecule has 1 aromatic heterocycles. The molecule has 6 nitrogen and oxygen atoms in total. The molecule has 0 aliphatic carbocycles. The van der Waals surface area contributed by atoms with Crippen LogP contribution >= 0.6 is 15.9 Å². The molecule has 3 aromatic rings. The van der Waals surface area contributed by atoms with E-state index in [1.807, 2.05) is 13.8 Å². The normalized spacial score (nSPS) is 11.1. The molecule has 0 radical (unpaired) electrons. The number of amides is 2. The van der Waals surface area contributed by atoms with Gasteiger partial charge in [0.25, 0.3) is 0 Å². The average Bonchev–Trinajstić information content (AvgIpc) is 2.85. The number of oxazole rings is 1. The van der Waals surface area contributed by atoms with Crippen LogP contribution in [0.4, 0.5) is 20.6 Å². The Morgan fingerprint density at radius 1 is 1.20 bits per heavy atom. The van der Waals surface area contributed by atoms with Crippen LogP contribution in [0.3, 0.4) is 0 Å². The van der Waals surface area contributed by atoms with Crippen molar-refractivity contribution in [2.45, 2.75) is 19.9 Å². The highest BCUT2D eigenvalue weighted by Crippen LogP contribution is 2.22. The second-order valence-corrected chi connectivity index (χ2v) is 6.63. The lowest BCUT2D eigenvalue weighted by molar-refractivity contribution is 0.262. The van der Waals surface area contributed by atoms with Gasteiger partial charge in [0.1, 0.15) is 5.82 Å². The van der Waals surface area contributed by atoms with Crippen LogP contribution in [0.25, 0.3) is 11.1 Å². The van der Waals surface area contributed by atoms with Crippen molar-refractivity contribution in [3.8, 4) is 0 Å². The van der Waals surface area contributed by atoms with Crippen LogP contribution in [0.1, 0.15) is 19.9 Å². The van der Waals surface area contributed by atoms with Gasteiger partial charge in [-0.2, -0.15) is 0 Å². The van der Waals surface area contributed by atoms with Gasteiger partial charge < -0.3 is 15.1 Å². The number of carbonyl (C=O) groups is 1. The van der Waals surface area contributed by atoms with Crippen LogP contribution in [0, 0.1) is 5.82 Å². The van der Waals surface area contributed by atoms with Gasteiger partial charge in [-0.15, -0.1) is 0 Å². The first-order valence-electron chi connectivity index (χ1n) is 7.53. The maximum atomic E-state index is 13.8. The highest BCUT2D eigenvalue weighted by Gasteiger charge is 2.13. The molecule has 130 valence electrons. The van der Waals surface area contributed by atoms with E-state index in [9.17, 15) is 14.0 Å². The first-order chi connectivity index (χ1) is 11.8. The Balaban J connectivity index is 1.80. The number of hydrogen-bond acceptors (Lipinski definition) is 3. The van der Waals surface area contributed by atoms with Crippen LogP contribution in [-0.4, -0.2) is 10.6 Å². The fourth-order valence-electron chi connectivity index (χ4n) is 2.48. The minimum absolute atomic E-state index is 0.0452. The predicted molar refractivity (Wildman–Crippen MR) is 97.6 cm³/mol. The molecule has 2 amide bonds. The standard InChI is InChI=1S/C17H15BrFN3O3/c1-9(2)22-14-6-4-11(8-15(14)25-17(22)24)20-16(23)21-13-5-3-10(18)7-12(13)19/h3-9H,1-2H3,(H2,20,21,23). The van der Waals surface area contributed by atoms with Gasteiger partial charge in [-0.1, -0.05) is 15.9 Å². The van der Waals surface area contributed by atoms with E-state index in [2.05, 4.69) is 26.6 Å². The summed E-state index contributed by atoms with van der Waals surface area (Å²) in [5, 5.41) is 5.01. The summed E-state index contributed by atoms with van der Waals surface area (Å²) >= 11 is 3.15. The van der Waals surface area contributed by atoms with E-state index >= 15 is 0 Å². The van der Waals surface area contributed by atoms with Crippen LogP contribution < -0.4 is 16.4 Å². The predicted octanol–water partition coefficient (Wildman–Crippen LogP) is 4.72. The lowest BCUT2D eigenvalue weighted by Crippen LogP contribution is -2.20. The SMILES string of the molecule is CC(C)n1c(=O)oc2cc(NC(=O)Nc3ccc(Br)cc3F)ccc21. The highest BCUT2D eigenvalue weighted by molar-refractivity contribution is 9.10. The monoisotopic (exact) mass is 407 g/mol. The zero-order valence-corrected chi connectivity index (χ0v) is 15.1. The van der Waals surface area contributed by atoms with Crippen molar-refractivity contribution in [2.24, 2.45) is 0 Å². The molecule has 2 N–H and O–H groups in total. The van der Waals surface area contributed by atoms with E-state index in [-0.39, 0.29) is 11.7 Å². The molecule has 0 bridgehead atoms. The Morgan fingerprint density at radius 3 is 2.64 bits per heavy atom. The molecular weight excluding hydrogens is 393 g/mol. The molecule has 25 heavy (non-hydrogen) atoms. The number of halogens is 2. The third-order valence-electron chi connectivity index (χ3n) is 3.57. The van der Waals surface area contributed by atoms with Gasteiger partial charge >= 0.3 is 11.8 Å². The Bertz CT molecular complexity index is 1010. The van der Waals surface area contributed by atoms with Crippen LogP contribution in [0.15, 0.2) is 50.1 Å². The third kappa shape index (κ3) is 3.58. The van der Waals surface area contributed by atoms with E-state index in [0.29, 0.717) is 21.3 Å². The number of fused-ring (bicyclic) bond motifs is 1. The Kier molecular flexibility index (Phi) is 4.63. The molecule has 0 aliphatic heterocycles. The van der Waals surface area contributed by atoms with Crippen LogP contribution in [0.5, 0.6) is 0 Å². The molecule has 0 fully saturated rings. The number of nitrogens with zero attached hydrogens (tertiary/aromatic N) is 1. The second kappa shape index (κ2) is 6.72. The second-order valence-electron chi connectivity index (χ2n) is 5.72. The molecule has 3 rings (SSSR count). The first kappa shape index (κ1) is 17.2. The van der Waals surface area contributed by atoms with Crippen molar-refractivity contribution in [1.29, 1.82) is 0 Å². The van der Waals surface area contributed by atoms with Crippen molar-refractivity contribution in [1.82, 2.24) is 4.57 Å². The van der Waals surface area contributed by atoms with Gasteiger partial charge in [0.05, 0.1) is 11.2 Å². The summed E-state index contributed by atoms with van der Waals surface area (Å²) < 4.78 is 21.1. The van der Waals surface area contributed by atoms with Crippen molar-refractivity contribution in [2.75, 3.05) is 10.6 Å². The van der Waals surface area contributed by atoms with Gasteiger partial charge in [-0.05, 0) is 44.2 Å². The van der Waals surface area contributed by atoms with Crippen molar-refractivity contribution in [3.05, 3.63) is 57.2 Å². The fourth-order valence-corrected chi connectivity index (χ4v) is 2.81. The van der Waals surface area contributed by atoms with E-state index in [1.165, 1.54) is 16.7 Å². The van der Waals surface area contributed by atoms with Gasteiger partial charge in [-0.3, -0.25) is 4.57 Å². The topological polar surface area (TPSA) is 76.3 Å². The zero-order valence-electron chi connectivity index (χ0n) is 13.5. The lowest BCUT2D eigenvalue weighted by Gasteiger charge is -2.09. The minimum Gasteiger partial charge on any atom is -0.408 e. The summed E-state index contributed by atoms with van der Waals surface area (Å²) in [5.41, 5.74) is 1.49. The van der Waals surface area contributed by atoms with Gasteiger partial charge in [0.15, 0.2) is 5.58 Å². The van der Waals surface area contributed by atoms with Crippen LogP contribution in [0.2, 0.25) is 0 Å². The number of benzene rings is 2. The molecule has 0 unspecified atom stereocenters. The first-order valence-corrected chi connectivity index (χ1v) is 8.32. The van der Waals surface area contributed by atoms with E-state index < -0.39 is 17.6 Å².